The molecule has 0 amide bonds. The molecule has 0 aliphatic carbocycles. The van der Waals surface area contributed by atoms with Gasteiger partial charge in [0, 0.05) is 37.1 Å². The molecule has 5 nitrogen and oxygen atoms in total. The zero-order chi connectivity index (χ0) is 19.8. The Kier molecular flexibility index (Phi) is 7.09. The van der Waals surface area contributed by atoms with E-state index in [1.807, 2.05) is 43.6 Å². The second-order valence-electron chi connectivity index (χ2n) is 6.56. The van der Waals surface area contributed by atoms with Crippen LogP contribution in [-0.4, -0.2) is 22.1 Å². The van der Waals surface area contributed by atoms with E-state index in [1.165, 1.54) is 11.1 Å². The van der Waals surface area contributed by atoms with E-state index in [4.69, 9.17) is 16.6 Å². The van der Waals surface area contributed by atoms with Crippen LogP contribution in [0, 0.1) is 6.92 Å². The monoisotopic (exact) mass is 395 g/mol. The van der Waals surface area contributed by atoms with E-state index in [2.05, 4.69) is 51.4 Å². The second kappa shape index (κ2) is 9.95. The van der Waals surface area contributed by atoms with Gasteiger partial charge in [0.1, 0.15) is 5.82 Å². The molecule has 0 spiro atoms. The number of guanidine groups is 1. The third kappa shape index (κ3) is 5.60. The molecule has 0 unspecified atom stereocenters. The number of hydrogen-bond acceptors (Lipinski definition) is 2. The maximum absolute atomic E-state index is 6.24. The highest BCUT2D eigenvalue weighted by molar-refractivity contribution is 6.31. The van der Waals surface area contributed by atoms with Gasteiger partial charge in [-0.25, -0.2) is 9.98 Å². The summed E-state index contributed by atoms with van der Waals surface area (Å²) in [6, 6.07) is 16.3. The zero-order valence-electron chi connectivity index (χ0n) is 16.3. The van der Waals surface area contributed by atoms with Crippen molar-refractivity contribution in [2.45, 2.75) is 33.5 Å². The third-order valence-corrected chi connectivity index (χ3v) is 4.80. The summed E-state index contributed by atoms with van der Waals surface area (Å²) in [5.41, 5.74) is 3.46. The topological polar surface area (TPSA) is 54.2 Å². The van der Waals surface area contributed by atoms with Gasteiger partial charge in [0.15, 0.2) is 5.96 Å². The fraction of sp³-hybridized carbons (Fsp3) is 0.273. The molecule has 0 saturated heterocycles. The SMILES string of the molecule is CCNC(=NCc1cccc(Cn2ccnc2C)c1)NCc1ccccc1Cl. The molecular weight excluding hydrogens is 370 g/mol. The molecule has 0 atom stereocenters. The number of nitrogens with zero attached hydrogens (tertiary/aromatic N) is 3. The largest absolute Gasteiger partial charge is 0.357 e. The molecule has 0 radical (unpaired) electrons. The van der Waals surface area contributed by atoms with Gasteiger partial charge < -0.3 is 15.2 Å². The summed E-state index contributed by atoms with van der Waals surface area (Å²) < 4.78 is 2.14. The summed E-state index contributed by atoms with van der Waals surface area (Å²) in [6.07, 6.45) is 3.83. The van der Waals surface area contributed by atoms with Gasteiger partial charge in [0.2, 0.25) is 0 Å². The Morgan fingerprint density at radius 2 is 1.93 bits per heavy atom. The van der Waals surface area contributed by atoms with Crippen molar-refractivity contribution in [1.29, 1.82) is 0 Å². The van der Waals surface area contributed by atoms with Crippen molar-refractivity contribution < 1.29 is 0 Å². The highest BCUT2D eigenvalue weighted by atomic mass is 35.5. The van der Waals surface area contributed by atoms with Crippen LogP contribution < -0.4 is 10.6 Å². The van der Waals surface area contributed by atoms with Crippen LogP contribution in [0.3, 0.4) is 0 Å². The summed E-state index contributed by atoms with van der Waals surface area (Å²) in [4.78, 5) is 9.00. The summed E-state index contributed by atoms with van der Waals surface area (Å²) in [5.74, 6) is 1.79. The Balaban J connectivity index is 1.64. The Labute approximate surface area is 171 Å². The van der Waals surface area contributed by atoms with Crippen molar-refractivity contribution in [2.24, 2.45) is 4.99 Å². The van der Waals surface area contributed by atoms with Crippen LogP contribution in [0.4, 0.5) is 0 Å². The Morgan fingerprint density at radius 1 is 1.11 bits per heavy atom. The maximum atomic E-state index is 6.24. The number of aryl methyl sites for hydroxylation is 1. The molecule has 28 heavy (non-hydrogen) atoms. The number of nitrogens with one attached hydrogen (secondary N) is 2. The van der Waals surface area contributed by atoms with Gasteiger partial charge in [-0.15, -0.1) is 0 Å². The van der Waals surface area contributed by atoms with Gasteiger partial charge in [0.25, 0.3) is 0 Å². The first kappa shape index (κ1) is 20.0. The molecule has 0 saturated carbocycles. The van der Waals surface area contributed by atoms with E-state index in [9.17, 15) is 0 Å². The average molecular weight is 396 g/mol. The molecule has 2 N–H and O–H groups in total. The van der Waals surface area contributed by atoms with Crippen LogP contribution in [0.1, 0.15) is 29.4 Å². The summed E-state index contributed by atoms with van der Waals surface area (Å²) in [5, 5.41) is 7.39. The molecule has 0 bridgehead atoms. The van der Waals surface area contributed by atoms with Crippen LogP contribution >= 0.6 is 11.6 Å². The smallest absolute Gasteiger partial charge is 0.191 e. The minimum atomic E-state index is 0.606. The number of rotatable bonds is 7. The molecule has 2 aromatic carbocycles. The normalized spacial score (nSPS) is 11.5. The van der Waals surface area contributed by atoms with Gasteiger partial charge >= 0.3 is 0 Å². The molecule has 1 aromatic heterocycles. The van der Waals surface area contributed by atoms with E-state index < -0.39 is 0 Å². The highest BCUT2D eigenvalue weighted by Crippen LogP contribution is 2.14. The van der Waals surface area contributed by atoms with E-state index in [0.29, 0.717) is 13.1 Å². The van der Waals surface area contributed by atoms with Crippen LogP contribution in [0.15, 0.2) is 65.9 Å². The number of imidazole rings is 1. The van der Waals surface area contributed by atoms with E-state index >= 15 is 0 Å². The van der Waals surface area contributed by atoms with Gasteiger partial charge in [-0.05, 0) is 36.6 Å². The van der Waals surface area contributed by atoms with Crippen molar-refractivity contribution in [3.63, 3.8) is 0 Å². The lowest BCUT2D eigenvalue weighted by Gasteiger charge is -2.12. The molecular formula is C22H26ClN5. The predicted molar refractivity (Wildman–Crippen MR) is 116 cm³/mol. The van der Waals surface area contributed by atoms with Crippen LogP contribution in [0.5, 0.6) is 0 Å². The first-order valence-corrected chi connectivity index (χ1v) is 9.84. The molecule has 1 heterocycles. The van der Waals surface area contributed by atoms with Crippen molar-refractivity contribution >= 4 is 17.6 Å². The predicted octanol–water partition coefficient (Wildman–Crippen LogP) is 4.15. The van der Waals surface area contributed by atoms with Gasteiger partial charge in [0.05, 0.1) is 6.54 Å². The number of aromatic nitrogens is 2. The number of aliphatic imine (C=N–C) groups is 1. The first-order chi connectivity index (χ1) is 13.7. The maximum Gasteiger partial charge on any atom is 0.191 e. The summed E-state index contributed by atoms with van der Waals surface area (Å²) in [6.45, 7) is 6.92. The fourth-order valence-electron chi connectivity index (χ4n) is 2.93. The van der Waals surface area contributed by atoms with Crippen LogP contribution in [0.25, 0.3) is 0 Å². The quantitative estimate of drug-likeness (QED) is 0.466. The average Bonchev–Trinajstić information content (AvgIpc) is 3.10. The third-order valence-electron chi connectivity index (χ3n) is 4.44. The molecule has 146 valence electrons. The standard InChI is InChI=1S/C22H26ClN5/c1-3-24-22(27-15-20-9-4-5-10-21(20)23)26-14-18-7-6-8-19(13-18)16-28-12-11-25-17(28)2/h4-13H,3,14-16H2,1-2H3,(H2,24,26,27). The highest BCUT2D eigenvalue weighted by Gasteiger charge is 2.03. The lowest BCUT2D eigenvalue weighted by Crippen LogP contribution is -2.36. The summed E-state index contributed by atoms with van der Waals surface area (Å²) >= 11 is 6.24. The fourth-order valence-corrected chi connectivity index (χ4v) is 3.13. The zero-order valence-corrected chi connectivity index (χ0v) is 17.1. The first-order valence-electron chi connectivity index (χ1n) is 9.47. The van der Waals surface area contributed by atoms with Crippen molar-refractivity contribution in [1.82, 2.24) is 20.2 Å². The molecule has 6 heteroatoms. The number of hydrogen-bond donors (Lipinski definition) is 2. The molecule has 0 fully saturated rings. The van der Waals surface area contributed by atoms with Gasteiger partial charge in [-0.3, -0.25) is 0 Å². The Bertz CT molecular complexity index is 932. The molecule has 3 rings (SSSR count). The van der Waals surface area contributed by atoms with Crippen LogP contribution in [-0.2, 0) is 19.6 Å². The van der Waals surface area contributed by atoms with E-state index in [1.54, 1.807) is 0 Å². The Hall–Kier alpha value is -2.79. The minimum absolute atomic E-state index is 0.606. The Morgan fingerprint density at radius 3 is 2.68 bits per heavy atom. The van der Waals surface area contributed by atoms with E-state index in [-0.39, 0.29) is 0 Å². The van der Waals surface area contributed by atoms with Gasteiger partial charge in [-0.1, -0.05) is 54.1 Å². The molecule has 0 aliphatic heterocycles. The molecule has 3 aromatic rings. The minimum Gasteiger partial charge on any atom is -0.357 e. The second-order valence-corrected chi connectivity index (χ2v) is 6.97. The van der Waals surface area contributed by atoms with Gasteiger partial charge in [-0.2, -0.15) is 0 Å². The van der Waals surface area contributed by atoms with Crippen molar-refractivity contribution in [2.75, 3.05) is 6.54 Å². The van der Waals surface area contributed by atoms with Crippen molar-refractivity contribution in [3.8, 4) is 0 Å². The summed E-state index contributed by atoms with van der Waals surface area (Å²) in [7, 11) is 0. The molecule has 0 aliphatic rings. The lowest BCUT2D eigenvalue weighted by molar-refractivity contribution is 0.760. The lowest BCUT2D eigenvalue weighted by atomic mass is 10.1. The number of benzene rings is 2. The van der Waals surface area contributed by atoms with Crippen LogP contribution in [0.2, 0.25) is 5.02 Å². The number of halogens is 1. The van der Waals surface area contributed by atoms with E-state index in [0.717, 1.165) is 35.5 Å². The van der Waals surface area contributed by atoms with Crippen molar-refractivity contribution in [3.05, 3.63) is 88.5 Å².